The molecule has 7 heteroatoms. The van der Waals surface area contributed by atoms with Crippen LogP contribution in [0.3, 0.4) is 0 Å². The molecule has 1 heterocycles. The average molecular weight is 315 g/mol. The summed E-state index contributed by atoms with van der Waals surface area (Å²) in [6.45, 7) is 0. The number of rotatable bonds is 2. The van der Waals surface area contributed by atoms with E-state index in [0.717, 1.165) is 30.9 Å². The fraction of sp³-hybridized carbons (Fsp3) is 0.286. The van der Waals surface area contributed by atoms with Gasteiger partial charge in [0, 0.05) is 6.07 Å². The van der Waals surface area contributed by atoms with Crippen LogP contribution in [0.5, 0.6) is 11.6 Å². The second-order valence-corrected chi connectivity index (χ2v) is 5.08. The van der Waals surface area contributed by atoms with E-state index in [1.165, 1.54) is 5.56 Å². The maximum Gasteiger partial charge on any atom is 0.433 e. The molecule has 0 fully saturated rings. The summed E-state index contributed by atoms with van der Waals surface area (Å²) in [5.74, 6) is 0.221. The molecule has 21 heavy (non-hydrogen) atoms. The minimum Gasteiger partial charge on any atom is -0.439 e. The maximum atomic E-state index is 12.7. The summed E-state index contributed by atoms with van der Waals surface area (Å²) in [6.07, 6.45) is -1.54. The molecule has 0 aliphatic heterocycles. The van der Waals surface area contributed by atoms with E-state index in [9.17, 15) is 13.2 Å². The molecule has 3 rings (SSSR count). The average Bonchev–Trinajstić information content (AvgIpc) is 2.84. The molecule has 1 aliphatic rings. The van der Waals surface area contributed by atoms with Crippen LogP contribution in [0.4, 0.5) is 13.2 Å². The van der Waals surface area contributed by atoms with E-state index in [1.807, 2.05) is 12.1 Å². The fourth-order valence-electron chi connectivity index (χ4n) is 2.33. The number of hydrogen-bond acceptors (Lipinski definition) is 3. The zero-order valence-corrected chi connectivity index (χ0v) is 11.5. The molecular weight excluding hydrogens is 305 g/mol. The second-order valence-electron chi connectivity index (χ2n) is 4.74. The molecule has 2 aromatic rings. The monoisotopic (exact) mass is 314 g/mol. The Bertz CT molecular complexity index is 688. The van der Waals surface area contributed by atoms with Crippen LogP contribution < -0.4 is 4.74 Å². The van der Waals surface area contributed by atoms with Crippen molar-refractivity contribution in [1.82, 2.24) is 9.97 Å². The quantitative estimate of drug-likeness (QED) is 0.769. The van der Waals surface area contributed by atoms with Gasteiger partial charge in [0.15, 0.2) is 5.69 Å². The van der Waals surface area contributed by atoms with Gasteiger partial charge in [0.2, 0.25) is 11.2 Å². The van der Waals surface area contributed by atoms with E-state index in [4.69, 9.17) is 16.3 Å². The summed E-state index contributed by atoms with van der Waals surface area (Å²) in [4.78, 5) is 6.82. The van der Waals surface area contributed by atoms with E-state index in [1.54, 1.807) is 6.07 Å². The normalized spacial score (nSPS) is 14.1. The summed E-state index contributed by atoms with van der Waals surface area (Å²) >= 11 is 5.51. The number of benzene rings is 1. The fourth-order valence-corrected chi connectivity index (χ4v) is 2.50. The SMILES string of the molecule is FC(F)(F)c1cc(Oc2ccc3c(c2)CCC3)nc(Cl)n1. The largest absolute Gasteiger partial charge is 0.439 e. The smallest absolute Gasteiger partial charge is 0.433 e. The van der Waals surface area contributed by atoms with Crippen LogP contribution in [-0.4, -0.2) is 9.97 Å². The Hall–Kier alpha value is -1.82. The second kappa shape index (κ2) is 5.18. The third-order valence-corrected chi connectivity index (χ3v) is 3.43. The molecule has 0 spiro atoms. The number of ether oxygens (including phenoxy) is 1. The number of fused-ring (bicyclic) bond motifs is 1. The van der Waals surface area contributed by atoms with Crippen molar-refractivity contribution >= 4 is 11.6 Å². The van der Waals surface area contributed by atoms with Gasteiger partial charge < -0.3 is 4.74 Å². The van der Waals surface area contributed by atoms with Crippen molar-refractivity contribution < 1.29 is 17.9 Å². The summed E-state index contributed by atoms with van der Waals surface area (Å²) in [5, 5.41) is -0.499. The first-order valence-corrected chi connectivity index (χ1v) is 6.71. The van der Waals surface area contributed by atoms with Crippen LogP contribution in [-0.2, 0) is 19.0 Å². The van der Waals surface area contributed by atoms with Crippen molar-refractivity contribution in [2.24, 2.45) is 0 Å². The summed E-state index contributed by atoms with van der Waals surface area (Å²) in [6, 6.07) is 6.20. The predicted molar refractivity (Wildman–Crippen MR) is 70.6 cm³/mol. The van der Waals surface area contributed by atoms with Gasteiger partial charge in [-0.3, -0.25) is 0 Å². The Balaban J connectivity index is 1.89. The summed E-state index contributed by atoms with van der Waals surface area (Å²) in [7, 11) is 0. The summed E-state index contributed by atoms with van der Waals surface area (Å²) in [5.41, 5.74) is 1.28. The number of nitrogens with zero attached hydrogens (tertiary/aromatic N) is 2. The van der Waals surface area contributed by atoms with Gasteiger partial charge in [-0.1, -0.05) is 6.07 Å². The third-order valence-electron chi connectivity index (χ3n) is 3.26. The Morgan fingerprint density at radius 1 is 1.05 bits per heavy atom. The van der Waals surface area contributed by atoms with Crippen LogP contribution in [0.15, 0.2) is 24.3 Å². The number of hydrogen-bond donors (Lipinski definition) is 0. The first-order chi connectivity index (χ1) is 9.91. The lowest BCUT2D eigenvalue weighted by Gasteiger charge is -2.10. The molecule has 0 saturated carbocycles. The van der Waals surface area contributed by atoms with Gasteiger partial charge in [-0.05, 0) is 54.1 Å². The lowest BCUT2D eigenvalue weighted by molar-refractivity contribution is -0.141. The Morgan fingerprint density at radius 3 is 2.57 bits per heavy atom. The van der Waals surface area contributed by atoms with Crippen molar-refractivity contribution in [2.75, 3.05) is 0 Å². The van der Waals surface area contributed by atoms with Gasteiger partial charge in [0.25, 0.3) is 0 Å². The Labute approximate surface area is 123 Å². The van der Waals surface area contributed by atoms with E-state index in [2.05, 4.69) is 9.97 Å². The highest BCUT2D eigenvalue weighted by Gasteiger charge is 2.34. The molecule has 0 amide bonds. The highest BCUT2D eigenvalue weighted by atomic mass is 35.5. The Kier molecular flexibility index (Phi) is 3.49. The van der Waals surface area contributed by atoms with Gasteiger partial charge in [0.1, 0.15) is 5.75 Å². The number of alkyl halides is 3. The standard InChI is InChI=1S/C14H10ClF3N2O/c15-13-19-11(14(16,17)18)7-12(20-13)21-10-5-4-8-2-1-3-9(8)6-10/h4-7H,1-3H2. The molecule has 1 aromatic carbocycles. The molecule has 3 nitrogen and oxygen atoms in total. The van der Waals surface area contributed by atoms with Crippen molar-refractivity contribution in [1.29, 1.82) is 0 Å². The van der Waals surface area contributed by atoms with Crippen LogP contribution >= 0.6 is 11.6 Å². The molecular formula is C14H10ClF3N2O. The molecule has 0 unspecified atom stereocenters. The van der Waals surface area contributed by atoms with Gasteiger partial charge in [0.05, 0.1) is 0 Å². The number of aromatic nitrogens is 2. The molecule has 0 saturated heterocycles. The molecule has 110 valence electrons. The number of halogens is 4. The highest BCUT2D eigenvalue weighted by molar-refractivity contribution is 6.28. The van der Waals surface area contributed by atoms with Crippen LogP contribution in [0.25, 0.3) is 0 Å². The van der Waals surface area contributed by atoms with Crippen LogP contribution in [0.1, 0.15) is 23.2 Å². The van der Waals surface area contributed by atoms with Gasteiger partial charge in [-0.25, -0.2) is 4.98 Å². The maximum absolute atomic E-state index is 12.7. The molecule has 0 atom stereocenters. The summed E-state index contributed by atoms with van der Waals surface area (Å²) < 4.78 is 43.4. The van der Waals surface area contributed by atoms with Crippen molar-refractivity contribution in [3.05, 3.63) is 46.4 Å². The first-order valence-electron chi connectivity index (χ1n) is 6.33. The van der Waals surface area contributed by atoms with Gasteiger partial charge >= 0.3 is 6.18 Å². The molecule has 0 bridgehead atoms. The van der Waals surface area contributed by atoms with Crippen molar-refractivity contribution in [3.8, 4) is 11.6 Å². The minimum absolute atomic E-state index is 0.222. The predicted octanol–water partition coefficient (Wildman–Crippen LogP) is 4.43. The minimum atomic E-state index is -4.59. The zero-order valence-electron chi connectivity index (χ0n) is 10.7. The molecule has 1 aliphatic carbocycles. The zero-order chi connectivity index (χ0) is 15.0. The van der Waals surface area contributed by atoms with E-state index in [0.29, 0.717) is 5.75 Å². The third kappa shape index (κ3) is 3.10. The highest BCUT2D eigenvalue weighted by Crippen LogP contribution is 2.32. The van der Waals surface area contributed by atoms with Crippen LogP contribution in [0, 0.1) is 0 Å². The lowest BCUT2D eigenvalue weighted by atomic mass is 10.1. The van der Waals surface area contributed by atoms with Crippen molar-refractivity contribution in [2.45, 2.75) is 25.4 Å². The van der Waals surface area contributed by atoms with Gasteiger partial charge in [-0.15, -0.1) is 0 Å². The van der Waals surface area contributed by atoms with Crippen LogP contribution in [0.2, 0.25) is 5.28 Å². The van der Waals surface area contributed by atoms with Gasteiger partial charge in [-0.2, -0.15) is 18.2 Å². The lowest BCUT2D eigenvalue weighted by Crippen LogP contribution is -2.09. The molecule has 0 N–H and O–H groups in total. The van der Waals surface area contributed by atoms with Crippen molar-refractivity contribution in [3.63, 3.8) is 0 Å². The van der Waals surface area contributed by atoms with E-state index < -0.39 is 17.2 Å². The first kappa shape index (κ1) is 14.1. The topological polar surface area (TPSA) is 35.0 Å². The van der Waals surface area contributed by atoms with E-state index >= 15 is 0 Å². The molecule has 0 radical (unpaired) electrons. The van der Waals surface area contributed by atoms with E-state index in [-0.39, 0.29) is 5.88 Å². The number of aryl methyl sites for hydroxylation is 2. The molecule has 1 aromatic heterocycles. The Morgan fingerprint density at radius 2 is 1.81 bits per heavy atom.